The Kier molecular flexibility index (Phi) is 5.82. The molecule has 0 unspecified atom stereocenters. The van der Waals surface area contributed by atoms with Crippen molar-refractivity contribution in [2.75, 3.05) is 11.9 Å². The zero-order chi connectivity index (χ0) is 20.2. The molecule has 1 aliphatic heterocycles. The molecule has 148 valence electrons. The molecular weight excluding hydrogens is 407 g/mol. The van der Waals surface area contributed by atoms with Gasteiger partial charge < -0.3 is 15.5 Å². The summed E-state index contributed by atoms with van der Waals surface area (Å²) in [7, 11) is 0. The number of anilines is 1. The van der Waals surface area contributed by atoms with E-state index in [-0.39, 0.29) is 30.1 Å². The number of carbonyl (C=O) groups is 1. The van der Waals surface area contributed by atoms with Crippen molar-refractivity contribution in [2.45, 2.75) is 18.5 Å². The molecule has 0 bridgehead atoms. The van der Waals surface area contributed by atoms with Crippen LogP contribution in [0.3, 0.4) is 0 Å². The average molecular weight is 427 g/mol. The lowest BCUT2D eigenvalue weighted by molar-refractivity contribution is -0.116. The number of aromatic nitrogens is 1. The number of hydrogen-bond acceptors (Lipinski definition) is 4. The molecule has 3 heterocycles. The summed E-state index contributed by atoms with van der Waals surface area (Å²) in [5.74, 6) is -0.713. The van der Waals surface area contributed by atoms with E-state index in [2.05, 4.69) is 21.7 Å². The second-order valence-corrected chi connectivity index (χ2v) is 7.98. The number of benzene rings is 1. The van der Waals surface area contributed by atoms with E-state index in [1.165, 1.54) is 6.07 Å². The predicted octanol–water partition coefficient (Wildman–Crippen LogP) is 4.28. The molecule has 1 amide bonds. The van der Waals surface area contributed by atoms with Crippen molar-refractivity contribution >= 4 is 40.3 Å². The lowest BCUT2D eigenvalue weighted by atomic mass is 10.0. The Balaban J connectivity index is 1.50. The number of amides is 1. The summed E-state index contributed by atoms with van der Waals surface area (Å²) >= 11 is 7.22. The minimum Gasteiger partial charge on any atom is -0.352 e. The lowest BCUT2D eigenvalue weighted by Crippen LogP contribution is -2.32. The van der Waals surface area contributed by atoms with Crippen molar-refractivity contribution in [3.8, 4) is 0 Å². The molecule has 2 atom stereocenters. The smallest absolute Gasteiger partial charge is 0.226 e. The molecule has 0 spiro atoms. The van der Waals surface area contributed by atoms with Gasteiger partial charge in [-0.15, -0.1) is 11.3 Å². The number of para-hydroxylation sites is 1. The minimum absolute atomic E-state index is 0.0568. The molecule has 1 aromatic carbocycles. The Morgan fingerprint density at radius 3 is 2.76 bits per heavy atom. The minimum atomic E-state index is -0.453. The van der Waals surface area contributed by atoms with Crippen molar-refractivity contribution in [1.29, 1.82) is 0 Å². The first-order valence-corrected chi connectivity index (χ1v) is 10.5. The van der Waals surface area contributed by atoms with Gasteiger partial charge in [0, 0.05) is 24.0 Å². The second kappa shape index (κ2) is 8.67. The standard InChI is InChI=1S/C21H19FN4OS2/c22-14-6-1-2-7-15(14)24-18(27)10-12-26-20(17-9-5-13-29-17)19(25-21(26)28)16-8-3-4-11-23-16/h1-9,11,13,19-20H,10,12H2,(H,24,27)(H,25,28)/t19-,20-/m0/s1. The zero-order valence-corrected chi connectivity index (χ0v) is 17.0. The van der Waals surface area contributed by atoms with Gasteiger partial charge in [-0.3, -0.25) is 9.78 Å². The molecule has 8 heteroatoms. The Morgan fingerprint density at radius 1 is 1.21 bits per heavy atom. The quantitative estimate of drug-likeness (QED) is 0.576. The van der Waals surface area contributed by atoms with Crippen LogP contribution in [0, 0.1) is 5.82 Å². The highest BCUT2D eigenvalue weighted by molar-refractivity contribution is 7.80. The molecule has 3 aromatic rings. The van der Waals surface area contributed by atoms with Gasteiger partial charge in [0.15, 0.2) is 5.11 Å². The fourth-order valence-corrected chi connectivity index (χ4v) is 4.62. The molecular formula is C21H19FN4OS2. The monoisotopic (exact) mass is 426 g/mol. The maximum atomic E-state index is 13.8. The largest absolute Gasteiger partial charge is 0.352 e. The number of hydrogen-bond donors (Lipinski definition) is 2. The summed E-state index contributed by atoms with van der Waals surface area (Å²) in [6.45, 7) is 0.415. The van der Waals surface area contributed by atoms with E-state index in [4.69, 9.17) is 12.2 Å². The summed E-state index contributed by atoms with van der Waals surface area (Å²) < 4.78 is 13.8. The fraction of sp³-hybridized carbons (Fsp3) is 0.190. The first kappa shape index (κ1) is 19.5. The molecule has 1 aliphatic rings. The van der Waals surface area contributed by atoms with Crippen molar-refractivity contribution < 1.29 is 9.18 Å². The normalized spacial score (nSPS) is 18.5. The maximum Gasteiger partial charge on any atom is 0.226 e. The van der Waals surface area contributed by atoms with E-state index >= 15 is 0 Å². The number of nitrogens with zero attached hydrogens (tertiary/aromatic N) is 2. The van der Waals surface area contributed by atoms with E-state index < -0.39 is 5.82 Å². The molecule has 29 heavy (non-hydrogen) atoms. The van der Waals surface area contributed by atoms with Crippen LogP contribution in [0.15, 0.2) is 66.2 Å². The lowest BCUT2D eigenvalue weighted by Gasteiger charge is -2.26. The Labute approximate surface area is 177 Å². The van der Waals surface area contributed by atoms with E-state index in [1.54, 1.807) is 35.7 Å². The van der Waals surface area contributed by atoms with Crippen LogP contribution in [-0.2, 0) is 4.79 Å². The third-order valence-electron chi connectivity index (χ3n) is 4.76. The Hall–Kier alpha value is -2.84. The van der Waals surface area contributed by atoms with Gasteiger partial charge >= 0.3 is 0 Å². The molecule has 0 aliphatic carbocycles. The fourth-order valence-electron chi connectivity index (χ4n) is 3.41. The van der Waals surface area contributed by atoms with E-state index in [0.717, 1.165) is 10.6 Å². The third kappa shape index (κ3) is 4.28. The number of pyridine rings is 1. The van der Waals surface area contributed by atoms with Gasteiger partial charge in [0.05, 0.1) is 23.5 Å². The van der Waals surface area contributed by atoms with Crippen LogP contribution in [0.1, 0.15) is 29.1 Å². The highest BCUT2D eigenvalue weighted by Crippen LogP contribution is 2.40. The van der Waals surface area contributed by atoms with Crippen LogP contribution in [0.25, 0.3) is 0 Å². The van der Waals surface area contributed by atoms with Gasteiger partial charge in [-0.2, -0.15) is 0 Å². The van der Waals surface area contributed by atoms with Crippen molar-refractivity contribution in [1.82, 2.24) is 15.2 Å². The van der Waals surface area contributed by atoms with Crippen LogP contribution < -0.4 is 10.6 Å². The molecule has 5 nitrogen and oxygen atoms in total. The molecule has 1 saturated heterocycles. The SMILES string of the molecule is O=C(CCN1C(=S)N[C@@H](c2ccccn2)[C@@H]1c1cccs1)Nc1ccccc1F. The average Bonchev–Trinajstić information content (AvgIpc) is 3.36. The first-order valence-electron chi connectivity index (χ1n) is 9.19. The predicted molar refractivity (Wildman–Crippen MR) is 116 cm³/mol. The summed E-state index contributed by atoms with van der Waals surface area (Å²) in [6, 6.07) is 15.8. The van der Waals surface area contributed by atoms with E-state index in [1.807, 2.05) is 34.5 Å². The van der Waals surface area contributed by atoms with E-state index in [0.29, 0.717) is 11.7 Å². The zero-order valence-electron chi connectivity index (χ0n) is 15.4. The van der Waals surface area contributed by atoms with Gasteiger partial charge in [-0.25, -0.2) is 4.39 Å². The first-order chi connectivity index (χ1) is 14.1. The number of halogens is 1. The van der Waals surface area contributed by atoms with Gasteiger partial charge in [0.25, 0.3) is 0 Å². The molecule has 2 N–H and O–H groups in total. The molecule has 1 fully saturated rings. The maximum absolute atomic E-state index is 13.8. The van der Waals surface area contributed by atoms with Gasteiger partial charge in [0.2, 0.25) is 5.91 Å². The van der Waals surface area contributed by atoms with Gasteiger partial charge in [-0.05, 0) is 47.9 Å². The second-order valence-electron chi connectivity index (χ2n) is 6.61. The molecule has 4 rings (SSSR count). The van der Waals surface area contributed by atoms with Crippen molar-refractivity contribution in [3.05, 3.63) is 82.6 Å². The summed E-state index contributed by atoms with van der Waals surface area (Å²) in [5, 5.41) is 8.58. The Bertz CT molecular complexity index is 997. The Morgan fingerprint density at radius 2 is 2.03 bits per heavy atom. The molecule has 0 saturated carbocycles. The highest BCUT2D eigenvalue weighted by atomic mass is 32.1. The number of thiophene rings is 1. The molecule has 0 radical (unpaired) electrons. The van der Waals surface area contributed by atoms with E-state index in [9.17, 15) is 9.18 Å². The summed E-state index contributed by atoms with van der Waals surface area (Å²) in [5.41, 5.74) is 1.08. The van der Waals surface area contributed by atoms with Crippen molar-refractivity contribution in [2.24, 2.45) is 0 Å². The number of carbonyl (C=O) groups excluding carboxylic acids is 1. The topological polar surface area (TPSA) is 57.3 Å². The summed E-state index contributed by atoms with van der Waals surface area (Å²) in [4.78, 5) is 20.0. The van der Waals surface area contributed by atoms with Crippen LogP contribution >= 0.6 is 23.6 Å². The van der Waals surface area contributed by atoms with Crippen molar-refractivity contribution in [3.63, 3.8) is 0 Å². The molecule has 2 aromatic heterocycles. The number of rotatable bonds is 6. The van der Waals surface area contributed by atoms with Crippen LogP contribution in [0.5, 0.6) is 0 Å². The van der Waals surface area contributed by atoms with Crippen LogP contribution in [-0.4, -0.2) is 27.4 Å². The van der Waals surface area contributed by atoms with Crippen LogP contribution in [0.4, 0.5) is 10.1 Å². The van der Waals surface area contributed by atoms with Gasteiger partial charge in [0.1, 0.15) is 5.82 Å². The third-order valence-corrected chi connectivity index (χ3v) is 6.06. The summed E-state index contributed by atoms with van der Waals surface area (Å²) in [6.07, 6.45) is 1.95. The van der Waals surface area contributed by atoms with Crippen LogP contribution in [0.2, 0.25) is 0 Å². The number of nitrogens with one attached hydrogen (secondary N) is 2. The highest BCUT2D eigenvalue weighted by Gasteiger charge is 2.40. The number of thiocarbonyl (C=S) groups is 1. The van der Waals surface area contributed by atoms with Gasteiger partial charge in [-0.1, -0.05) is 24.3 Å².